The van der Waals surface area contributed by atoms with Crippen molar-refractivity contribution in [3.05, 3.63) is 35.4 Å². The first kappa shape index (κ1) is 13.1. The van der Waals surface area contributed by atoms with Gasteiger partial charge in [0.1, 0.15) is 0 Å². The Morgan fingerprint density at radius 2 is 1.94 bits per heavy atom. The quantitative estimate of drug-likeness (QED) is 0.831. The van der Waals surface area contributed by atoms with E-state index >= 15 is 0 Å². The molecule has 6 heteroatoms. The lowest BCUT2D eigenvalue weighted by Gasteiger charge is -2.13. The van der Waals surface area contributed by atoms with E-state index < -0.39 is 11.7 Å². The van der Waals surface area contributed by atoms with E-state index in [1.54, 1.807) is 11.8 Å². The van der Waals surface area contributed by atoms with Gasteiger partial charge in [0.15, 0.2) is 0 Å². The van der Waals surface area contributed by atoms with E-state index in [1.165, 1.54) is 12.1 Å². The van der Waals surface area contributed by atoms with Gasteiger partial charge in [-0.05, 0) is 17.7 Å². The van der Waals surface area contributed by atoms with E-state index in [9.17, 15) is 13.2 Å². The number of rotatable bonds is 2. The van der Waals surface area contributed by atoms with E-state index in [1.807, 2.05) is 0 Å². The molecule has 2 rings (SSSR count). The van der Waals surface area contributed by atoms with Gasteiger partial charge in [-0.2, -0.15) is 13.2 Å². The SMILES string of the molecule is FC(F)(F)c1ccc(C2CSC(CCl)N2)cc1. The van der Waals surface area contributed by atoms with Crippen molar-refractivity contribution in [2.24, 2.45) is 0 Å². The van der Waals surface area contributed by atoms with Crippen LogP contribution in [0.4, 0.5) is 13.2 Å². The Balaban J connectivity index is 2.09. The van der Waals surface area contributed by atoms with Gasteiger partial charge in [-0.1, -0.05) is 12.1 Å². The van der Waals surface area contributed by atoms with Crippen LogP contribution >= 0.6 is 23.4 Å². The maximum Gasteiger partial charge on any atom is 0.416 e. The van der Waals surface area contributed by atoms with Crippen molar-refractivity contribution in [3.63, 3.8) is 0 Å². The molecule has 0 aliphatic carbocycles. The van der Waals surface area contributed by atoms with E-state index in [2.05, 4.69) is 5.32 Å². The number of hydrogen-bond donors (Lipinski definition) is 1. The topological polar surface area (TPSA) is 12.0 Å². The van der Waals surface area contributed by atoms with Crippen LogP contribution in [0.2, 0.25) is 0 Å². The standard InChI is InChI=1S/C11H11ClF3NS/c12-5-10-16-9(6-17-10)7-1-3-8(4-2-7)11(13,14)15/h1-4,9-10,16H,5-6H2. The first-order valence-corrected chi connectivity index (χ1v) is 6.70. The van der Waals surface area contributed by atoms with Crippen LogP contribution in [-0.4, -0.2) is 17.0 Å². The number of halogens is 4. The summed E-state index contributed by atoms with van der Waals surface area (Å²) in [5.41, 5.74) is 0.263. The summed E-state index contributed by atoms with van der Waals surface area (Å²) in [7, 11) is 0. The molecule has 0 spiro atoms. The molecule has 1 N–H and O–H groups in total. The van der Waals surface area contributed by atoms with Gasteiger partial charge < -0.3 is 0 Å². The Morgan fingerprint density at radius 3 is 2.41 bits per heavy atom. The van der Waals surface area contributed by atoms with Gasteiger partial charge in [-0.15, -0.1) is 23.4 Å². The van der Waals surface area contributed by atoms with E-state index in [0.717, 1.165) is 23.4 Å². The van der Waals surface area contributed by atoms with Crippen LogP contribution < -0.4 is 5.32 Å². The maximum absolute atomic E-state index is 12.4. The van der Waals surface area contributed by atoms with Gasteiger partial charge in [-0.25, -0.2) is 0 Å². The predicted octanol–water partition coefficient (Wildman–Crippen LogP) is 3.65. The van der Waals surface area contributed by atoms with Gasteiger partial charge in [0, 0.05) is 17.7 Å². The van der Waals surface area contributed by atoms with Crippen molar-refractivity contribution in [1.29, 1.82) is 0 Å². The third-order valence-corrected chi connectivity index (χ3v) is 4.35. The Kier molecular flexibility index (Phi) is 3.90. The number of nitrogens with one attached hydrogen (secondary N) is 1. The molecule has 0 radical (unpaired) electrons. The summed E-state index contributed by atoms with van der Waals surface area (Å²) in [6.45, 7) is 0. The highest BCUT2D eigenvalue weighted by atomic mass is 35.5. The molecular formula is C11H11ClF3NS. The monoisotopic (exact) mass is 281 g/mol. The number of hydrogen-bond acceptors (Lipinski definition) is 2. The van der Waals surface area contributed by atoms with Gasteiger partial charge in [0.05, 0.1) is 10.9 Å². The summed E-state index contributed by atoms with van der Waals surface area (Å²) in [4.78, 5) is 0. The average molecular weight is 282 g/mol. The minimum Gasteiger partial charge on any atom is -0.297 e. The molecule has 94 valence electrons. The number of benzene rings is 1. The van der Waals surface area contributed by atoms with Gasteiger partial charge >= 0.3 is 6.18 Å². The minimum atomic E-state index is -4.27. The fraction of sp³-hybridized carbons (Fsp3) is 0.455. The van der Waals surface area contributed by atoms with Crippen LogP contribution in [0, 0.1) is 0 Å². The van der Waals surface area contributed by atoms with E-state index in [0.29, 0.717) is 5.88 Å². The predicted molar refractivity (Wildman–Crippen MR) is 64.3 cm³/mol. The lowest BCUT2D eigenvalue weighted by atomic mass is 10.1. The Hall–Kier alpha value is -0.390. The van der Waals surface area contributed by atoms with E-state index in [-0.39, 0.29) is 11.4 Å². The molecule has 0 aromatic heterocycles. The van der Waals surface area contributed by atoms with Crippen molar-refractivity contribution >= 4 is 23.4 Å². The smallest absolute Gasteiger partial charge is 0.297 e. The Morgan fingerprint density at radius 1 is 1.29 bits per heavy atom. The Labute approximate surface area is 107 Å². The molecule has 1 aromatic rings. The molecule has 1 heterocycles. The molecule has 1 aromatic carbocycles. The Bertz CT molecular complexity index is 379. The van der Waals surface area contributed by atoms with Gasteiger partial charge in [0.25, 0.3) is 0 Å². The molecule has 2 unspecified atom stereocenters. The second-order valence-electron chi connectivity index (χ2n) is 3.82. The number of thioether (sulfide) groups is 1. The molecule has 1 aliphatic heterocycles. The van der Waals surface area contributed by atoms with Crippen molar-refractivity contribution in [1.82, 2.24) is 5.32 Å². The zero-order valence-electron chi connectivity index (χ0n) is 8.80. The van der Waals surface area contributed by atoms with Crippen LogP contribution in [-0.2, 0) is 6.18 Å². The minimum absolute atomic E-state index is 0.0889. The van der Waals surface area contributed by atoms with Crippen molar-refractivity contribution in [2.75, 3.05) is 11.6 Å². The second-order valence-corrected chi connectivity index (χ2v) is 5.36. The third-order valence-electron chi connectivity index (χ3n) is 2.63. The highest BCUT2D eigenvalue weighted by molar-refractivity contribution is 8.00. The first-order valence-electron chi connectivity index (χ1n) is 5.11. The molecule has 0 saturated carbocycles. The molecule has 1 fully saturated rings. The van der Waals surface area contributed by atoms with Crippen molar-refractivity contribution < 1.29 is 13.2 Å². The van der Waals surface area contributed by atoms with Crippen LogP contribution in [0.5, 0.6) is 0 Å². The normalized spacial score (nSPS) is 25.2. The summed E-state index contributed by atoms with van der Waals surface area (Å²) in [5, 5.41) is 3.45. The molecule has 2 atom stereocenters. The summed E-state index contributed by atoms with van der Waals surface area (Å²) < 4.78 is 37.1. The third kappa shape index (κ3) is 3.09. The highest BCUT2D eigenvalue weighted by Gasteiger charge is 2.31. The summed E-state index contributed by atoms with van der Waals surface area (Å²) in [6.07, 6.45) is -4.27. The highest BCUT2D eigenvalue weighted by Crippen LogP contribution is 2.33. The first-order chi connectivity index (χ1) is 8.00. The molecule has 0 bridgehead atoms. The average Bonchev–Trinajstić information content (AvgIpc) is 2.76. The van der Waals surface area contributed by atoms with E-state index in [4.69, 9.17) is 11.6 Å². The van der Waals surface area contributed by atoms with Crippen LogP contribution in [0.3, 0.4) is 0 Å². The zero-order valence-corrected chi connectivity index (χ0v) is 10.4. The summed E-state index contributed by atoms with van der Waals surface area (Å²) in [5.74, 6) is 1.34. The zero-order chi connectivity index (χ0) is 12.5. The molecular weight excluding hydrogens is 271 g/mol. The van der Waals surface area contributed by atoms with Crippen LogP contribution in [0.15, 0.2) is 24.3 Å². The largest absolute Gasteiger partial charge is 0.416 e. The molecule has 17 heavy (non-hydrogen) atoms. The van der Waals surface area contributed by atoms with Gasteiger partial charge in [0.2, 0.25) is 0 Å². The number of alkyl halides is 4. The van der Waals surface area contributed by atoms with Gasteiger partial charge in [-0.3, -0.25) is 5.32 Å². The molecule has 0 amide bonds. The maximum atomic E-state index is 12.4. The fourth-order valence-electron chi connectivity index (χ4n) is 1.72. The van der Waals surface area contributed by atoms with Crippen LogP contribution in [0.1, 0.15) is 17.2 Å². The van der Waals surface area contributed by atoms with Crippen molar-refractivity contribution in [2.45, 2.75) is 17.6 Å². The lowest BCUT2D eigenvalue weighted by molar-refractivity contribution is -0.137. The summed E-state index contributed by atoms with van der Waals surface area (Å²) in [6, 6.07) is 5.38. The summed E-state index contributed by atoms with van der Waals surface area (Å²) >= 11 is 7.40. The fourth-order valence-corrected chi connectivity index (χ4v) is 3.14. The van der Waals surface area contributed by atoms with Crippen LogP contribution in [0.25, 0.3) is 0 Å². The lowest BCUT2D eigenvalue weighted by Crippen LogP contribution is -2.24. The molecule has 1 saturated heterocycles. The van der Waals surface area contributed by atoms with Crippen molar-refractivity contribution in [3.8, 4) is 0 Å². The second kappa shape index (κ2) is 5.08. The molecule has 1 aliphatic rings. The molecule has 1 nitrogen and oxygen atoms in total.